The third kappa shape index (κ3) is 6.02. The van der Waals surface area contributed by atoms with Crippen LogP contribution >= 0.6 is 0 Å². The molecule has 0 amide bonds. The molecule has 0 unspecified atom stereocenters. The average Bonchev–Trinajstić information content (AvgIpc) is 2.79. The van der Waals surface area contributed by atoms with Crippen LogP contribution in [-0.4, -0.2) is 52.9 Å². The van der Waals surface area contributed by atoms with Crippen LogP contribution in [0.15, 0.2) is 72.8 Å². The highest BCUT2D eigenvalue weighted by Crippen LogP contribution is 2.47. The summed E-state index contributed by atoms with van der Waals surface area (Å²) in [7, 11) is -6.21. The number of rotatable bonds is 7. The van der Waals surface area contributed by atoms with E-state index in [-0.39, 0.29) is 17.1 Å². The van der Waals surface area contributed by atoms with Crippen LogP contribution in [-0.2, 0) is 14.9 Å². The summed E-state index contributed by atoms with van der Waals surface area (Å²) in [5.74, 6) is -6.69. The lowest BCUT2D eigenvalue weighted by molar-refractivity contribution is -0.356. The molecule has 0 aliphatic heterocycles. The van der Waals surface area contributed by atoms with Gasteiger partial charge in [0.15, 0.2) is 0 Å². The predicted molar refractivity (Wildman–Crippen MR) is 118 cm³/mol. The Morgan fingerprint density at radius 3 is 1.61 bits per heavy atom. The molecular formula is C24H17F6O7S-. The van der Waals surface area contributed by atoms with Crippen molar-refractivity contribution < 1.29 is 59.1 Å². The number of ether oxygens (including phenoxy) is 1. The first kappa shape index (κ1) is 28.8. The molecule has 0 saturated carbocycles. The minimum Gasteiger partial charge on any atom is -0.748 e. The van der Waals surface area contributed by atoms with Crippen LogP contribution in [0.3, 0.4) is 0 Å². The molecule has 0 fully saturated rings. The highest BCUT2D eigenvalue weighted by atomic mass is 32.2. The van der Waals surface area contributed by atoms with E-state index < -0.39 is 51.3 Å². The van der Waals surface area contributed by atoms with Crippen molar-refractivity contribution in [1.29, 1.82) is 0 Å². The summed E-state index contributed by atoms with van der Waals surface area (Å²) < 4.78 is 119. The largest absolute Gasteiger partial charge is 0.748 e. The van der Waals surface area contributed by atoms with Crippen LogP contribution in [0.2, 0.25) is 0 Å². The number of phenolic OH excluding ortho intramolecular Hbond substituents is 2. The highest BCUT2D eigenvalue weighted by Gasteiger charge is 2.75. The molecule has 0 aliphatic carbocycles. The number of hydrogen-bond donors (Lipinski definition) is 2. The fraction of sp³-hybridized carbons (Fsp3) is 0.208. The van der Waals surface area contributed by atoms with Crippen LogP contribution < -0.4 is 0 Å². The zero-order valence-electron chi connectivity index (χ0n) is 18.8. The fourth-order valence-corrected chi connectivity index (χ4v) is 4.64. The van der Waals surface area contributed by atoms with Gasteiger partial charge in [-0.15, -0.1) is 0 Å². The molecule has 3 aromatic rings. The first-order chi connectivity index (χ1) is 17.5. The summed E-state index contributed by atoms with van der Waals surface area (Å²) in [5, 5.41) is 19.3. The number of esters is 1. The molecule has 0 spiro atoms. The van der Waals surface area contributed by atoms with E-state index in [0.29, 0.717) is 11.1 Å². The quantitative estimate of drug-likeness (QED) is 0.182. The van der Waals surface area contributed by atoms with Gasteiger partial charge in [0.1, 0.15) is 11.5 Å². The molecule has 0 saturated heterocycles. The Balaban J connectivity index is 2.21. The van der Waals surface area contributed by atoms with Crippen LogP contribution in [0.4, 0.5) is 26.3 Å². The van der Waals surface area contributed by atoms with Crippen LogP contribution in [0.1, 0.15) is 33.0 Å². The maximum absolute atomic E-state index is 13.7. The van der Waals surface area contributed by atoms with E-state index in [9.17, 15) is 54.3 Å². The zero-order chi connectivity index (χ0) is 28.5. The first-order valence-corrected chi connectivity index (χ1v) is 12.0. The molecule has 0 heterocycles. The highest BCUT2D eigenvalue weighted by molar-refractivity contribution is 7.85. The van der Waals surface area contributed by atoms with Crippen LogP contribution in [0, 0.1) is 0 Å². The van der Waals surface area contributed by atoms with Crippen molar-refractivity contribution in [2.24, 2.45) is 0 Å². The van der Waals surface area contributed by atoms with E-state index >= 15 is 0 Å². The van der Waals surface area contributed by atoms with Crippen molar-refractivity contribution in [3.63, 3.8) is 0 Å². The van der Waals surface area contributed by atoms with Crippen molar-refractivity contribution in [2.75, 3.05) is 5.75 Å². The average molecular weight is 563 g/mol. The second-order valence-corrected chi connectivity index (χ2v) is 9.52. The molecule has 3 rings (SSSR count). The van der Waals surface area contributed by atoms with Crippen molar-refractivity contribution in [2.45, 2.75) is 23.9 Å². The molecule has 0 aliphatic rings. The lowest BCUT2D eigenvalue weighted by Gasteiger charge is -2.37. The van der Waals surface area contributed by atoms with Crippen LogP contribution in [0.5, 0.6) is 11.5 Å². The molecule has 0 radical (unpaired) electrons. The third-order valence-electron chi connectivity index (χ3n) is 5.51. The number of carbonyl (C=O) groups is 1. The molecule has 204 valence electrons. The number of halogens is 6. The summed E-state index contributed by atoms with van der Waals surface area (Å²) in [6, 6.07) is 15.1. The number of aromatic hydroxyl groups is 2. The van der Waals surface area contributed by atoms with Gasteiger partial charge in [0.25, 0.3) is 0 Å². The number of carbonyl (C=O) groups excluding carboxylic acids is 1. The predicted octanol–water partition coefficient (Wildman–Crippen LogP) is 4.84. The van der Waals surface area contributed by atoms with Gasteiger partial charge in [-0.3, -0.25) is 0 Å². The summed E-state index contributed by atoms with van der Waals surface area (Å²) in [5.41, 5.74) is -5.93. The Hall–Kier alpha value is -3.78. The number of benzene rings is 3. The van der Waals surface area contributed by atoms with Crippen molar-refractivity contribution in [1.82, 2.24) is 0 Å². The lowest BCUT2D eigenvalue weighted by Crippen LogP contribution is -2.63. The summed E-state index contributed by atoms with van der Waals surface area (Å²) in [6.45, 7) is 0. The standard InChI is InChI=1S/C24H18F6O7S/c25-23(26,27)22(24(28,29)30,13-38(34,35)36)37-21(33)19-4-2-1-3-18(19)20(14-5-9-16(31)10-6-14)15-7-11-17(32)12-8-15/h1-12,20,31-32H,13H2,(H,34,35,36)/p-1. The normalized spacial score (nSPS) is 12.9. The van der Waals surface area contributed by atoms with Crippen molar-refractivity contribution in [3.8, 4) is 11.5 Å². The Kier molecular flexibility index (Phi) is 7.71. The Labute approximate surface area is 211 Å². The van der Waals surface area contributed by atoms with Gasteiger partial charge in [-0.1, -0.05) is 42.5 Å². The molecule has 7 nitrogen and oxygen atoms in total. The van der Waals surface area contributed by atoms with Gasteiger partial charge in [0.05, 0.1) is 21.4 Å². The Morgan fingerprint density at radius 1 is 0.789 bits per heavy atom. The summed E-state index contributed by atoms with van der Waals surface area (Å²) >= 11 is 0. The molecule has 0 aromatic heterocycles. The van der Waals surface area contributed by atoms with E-state index in [1.807, 2.05) is 0 Å². The summed E-state index contributed by atoms with van der Waals surface area (Å²) in [6.07, 6.45) is -13.1. The molecule has 14 heteroatoms. The van der Waals surface area contributed by atoms with Gasteiger partial charge >= 0.3 is 23.9 Å². The van der Waals surface area contributed by atoms with Gasteiger partial charge < -0.3 is 19.5 Å². The smallest absolute Gasteiger partial charge is 0.438 e. The zero-order valence-corrected chi connectivity index (χ0v) is 19.6. The first-order valence-electron chi connectivity index (χ1n) is 10.4. The number of phenols is 2. The topological polar surface area (TPSA) is 124 Å². The van der Waals surface area contributed by atoms with E-state index in [4.69, 9.17) is 0 Å². The second kappa shape index (κ2) is 10.2. The van der Waals surface area contributed by atoms with Crippen molar-refractivity contribution >= 4 is 16.1 Å². The van der Waals surface area contributed by atoms with Gasteiger partial charge in [-0.05, 0) is 47.0 Å². The third-order valence-corrected chi connectivity index (χ3v) is 6.27. The molecule has 3 aromatic carbocycles. The van der Waals surface area contributed by atoms with Gasteiger partial charge in [-0.25, -0.2) is 13.2 Å². The number of alkyl halides is 6. The van der Waals surface area contributed by atoms with E-state index in [2.05, 4.69) is 4.74 Å². The van der Waals surface area contributed by atoms with E-state index in [1.165, 1.54) is 60.7 Å². The molecular weight excluding hydrogens is 546 g/mol. The van der Waals surface area contributed by atoms with Crippen LogP contribution in [0.25, 0.3) is 0 Å². The summed E-state index contributed by atoms with van der Waals surface area (Å²) in [4.78, 5) is 12.9. The lowest BCUT2D eigenvalue weighted by atomic mass is 9.82. The van der Waals surface area contributed by atoms with E-state index in [1.54, 1.807) is 0 Å². The number of hydrogen-bond acceptors (Lipinski definition) is 7. The Bertz CT molecular complexity index is 1340. The van der Waals surface area contributed by atoms with Crippen molar-refractivity contribution in [3.05, 3.63) is 95.1 Å². The Morgan fingerprint density at radius 2 is 1.21 bits per heavy atom. The molecule has 0 atom stereocenters. The maximum atomic E-state index is 13.7. The maximum Gasteiger partial charge on any atom is 0.438 e. The van der Waals surface area contributed by atoms with Gasteiger partial charge in [-0.2, -0.15) is 26.3 Å². The molecule has 0 bridgehead atoms. The minimum atomic E-state index is -6.53. The van der Waals surface area contributed by atoms with E-state index in [0.717, 1.165) is 12.1 Å². The minimum absolute atomic E-state index is 0.155. The SMILES string of the molecule is O=C(OC(CS(=O)(=O)[O-])(C(F)(F)F)C(F)(F)F)c1ccccc1C(c1ccc(O)cc1)c1ccc(O)cc1. The van der Waals surface area contributed by atoms with Gasteiger partial charge in [0.2, 0.25) is 0 Å². The second-order valence-electron chi connectivity index (χ2n) is 8.12. The molecule has 38 heavy (non-hydrogen) atoms. The molecule has 2 N–H and O–H groups in total. The fourth-order valence-electron chi connectivity index (χ4n) is 3.75. The van der Waals surface area contributed by atoms with Gasteiger partial charge in [0, 0.05) is 5.92 Å². The monoisotopic (exact) mass is 563 g/mol.